The zero-order chi connectivity index (χ0) is 23.1. The number of carbonyl (C=O) groups excluding carboxylic acids is 1. The Morgan fingerprint density at radius 3 is 2.38 bits per heavy atom. The van der Waals surface area contributed by atoms with Crippen LogP contribution in [-0.2, 0) is 22.1 Å². The van der Waals surface area contributed by atoms with Gasteiger partial charge >= 0.3 is 6.18 Å². The Morgan fingerprint density at radius 1 is 1.16 bits per heavy atom. The van der Waals surface area contributed by atoms with Gasteiger partial charge in [0, 0.05) is 31.0 Å². The molecule has 2 heterocycles. The number of methoxy groups -OCH3 is 1. The Morgan fingerprint density at radius 2 is 1.81 bits per heavy atom. The van der Waals surface area contributed by atoms with Crippen LogP contribution in [-0.4, -0.2) is 55.2 Å². The number of ether oxygens (including phenoxy) is 1. The quantitative estimate of drug-likeness (QED) is 0.662. The van der Waals surface area contributed by atoms with Crippen LogP contribution in [0.1, 0.15) is 48.1 Å². The van der Waals surface area contributed by atoms with Crippen molar-refractivity contribution >= 4 is 5.91 Å². The van der Waals surface area contributed by atoms with Gasteiger partial charge in [-0.1, -0.05) is 18.2 Å². The zero-order valence-electron chi connectivity index (χ0n) is 18.5. The molecule has 0 unspecified atom stereocenters. The topological polar surface area (TPSA) is 54.5 Å². The van der Waals surface area contributed by atoms with E-state index in [-0.39, 0.29) is 11.9 Å². The van der Waals surface area contributed by atoms with E-state index in [9.17, 15) is 18.0 Å². The van der Waals surface area contributed by atoms with E-state index in [1.54, 1.807) is 7.11 Å². The van der Waals surface area contributed by atoms with Gasteiger partial charge in [-0.05, 0) is 68.6 Å². The molecule has 1 aliphatic heterocycles. The second-order valence-electron chi connectivity index (χ2n) is 8.44. The summed E-state index contributed by atoms with van der Waals surface area (Å²) in [5.74, 6) is 0.362. The lowest BCUT2D eigenvalue weighted by Crippen LogP contribution is -2.44. The second kappa shape index (κ2) is 10.9. The lowest BCUT2D eigenvalue weighted by Gasteiger charge is -2.31. The molecule has 5 nitrogen and oxygen atoms in total. The van der Waals surface area contributed by atoms with Crippen molar-refractivity contribution in [3.05, 3.63) is 65.0 Å². The summed E-state index contributed by atoms with van der Waals surface area (Å²) in [4.78, 5) is 18.9. The molecule has 0 saturated carbocycles. The van der Waals surface area contributed by atoms with Gasteiger partial charge in [0.2, 0.25) is 5.91 Å². The number of piperidine rings is 1. The minimum atomic E-state index is -4.32. The van der Waals surface area contributed by atoms with Gasteiger partial charge in [-0.25, -0.2) is 0 Å². The van der Waals surface area contributed by atoms with E-state index in [1.807, 2.05) is 25.3 Å². The Balaban J connectivity index is 1.47. The summed E-state index contributed by atoms with van der Waals surface area (Å²) in [6.07, 6.45) is -0.0909. The first-order valence-corrected chi connectivity index (χ1v) is 10.9. The summed E-state index contributed by atoms with van der Waals surface area (Å²) in [5, 5.41) is 2.93. The number of amides is 1. The molecule has 0 bridgehead atoms. The maximum absolute atomic E-state index is 12.7. The summed E-state index contributed by atoms with van der Waals surface area (Å²) in [6, 6.07) is 9.26. The third kappa shape index (κ3) is 7.03. The predicted octanol–water partition coefficient (Wildman–Crippen LogP) is 4.02. The molecule has 1 N–H and O–H groups in total. The van der Waals surface area contributed by atoms with E-state index in [1.165, 1.54) is 12.1 Å². The van der Waals surface area contributed by atoms with Crippen molar-refractivity contribution in [2.45, 2.75) is 44.3 Å². The molecule has 3 rings (SSSR count). The molecule has 174 valence electrons. The van der Waals surface area contributed by atoms with Crippen LogP contribution in [0.3, 0.4) is 0 Å². The highest BCUT2D eigenvalue weighted by molar-refractivity contribution is 5.78. The summed E-state index contributed by atoms with van der Waals surface area (Å²) in [7, 11) is 1.61. The molecule has 1 amide bonds. The average molecular weight is 450 g/mol. The molecule has 0 radical (unpaired) electrons. The fraction of sp³-hybridized carbons (Fsp3) is 0.500. The highest BCUT2D eigenvalue weighted by atomic mass is 19.4. The van der Waals surface area contributed by atoms with Crippen molar-refractivity contribution in [3.63, 3.8) is 0 Å². The smallest absolute Gasteiger partial charge is 0.383 e. The Hall–Kier alpha value is -2.45. The van der Waals surface area contributed by atoms with Crippen molar-refractivity contribution in [2.24, 2.45) is 0 Å². The molecule has 1 saturated heterocycles. The molecule has 0 aliphatic carbocycles. The third-order valence-corrected chi connectivity index (χ3v) is 5.73. The largest absolute Gasteiger partial charge is 0.416 e. The molecule has 1 aromatic heterocycles. The van der Waals surface area contributed by atoms with Gasteiger partial charge in [-0.15, -0.1) is 0 Å². The third-order valence-electron chi connectivity index (χ3n) is 5.73. The monoisotopic (exact) mass is 449 g/mol. The van der Waals surface area contributed by atoms with Gasteiger partial charge in [0.15, 0.2) is 0 Å². The Bertz CT molecular complexity index is 862. The molecule has 2 aromatic rings. The Kier molecular flexibility index (Phi) is 8.26. The van der Waals surface area contributed by atoms with Crippen LogP contribution >= 0.6 is 0 Å². The van der Waals surface area contributed by atoms with E-state index in [0.29, 0.717) is 25.5 Å². The summed E-state index contributed by atoms with van der Waals surface area (Å²) in [6.45, 7) is 4.48. The normalized spacial score (nSPS) is 16.7. The van der Waals surface area contributed by atoms with Crippen molar-refractivity contribution in [2.75, 3.05) is 33.4 Å². The Labute approximate surface area is 187 Å². The second-order valence-corrected chi connectivity index (χ2v) is 8.44. The average Bonchev–Trinajstić information content (AvgIpc) is 2.75. The first-order valence-electron chi connectivity index (χ1n) is 10.9. The first-order chi connectivity index (χ1) is 15.2. The van der Waals surface area contributed by atoms with Crippen LogP contribution in [0.2, 0.25) is 0 Å². The number of nitrogens with one attached hydrogen (secondary N) is 1. The molecule has 1 atom stereocenters. The van der Waals surface area contributed by atoms with Gasteiger partial charge in [-0.2, -0.15) is 13.2 Å². The number of alkyl halides is 3. The number of nitrogens with zero attached hydrogens (tertiary/aromatic N) is 2. The maximum atomic E-state index is 12.7. The van der Waals surface area contributed by atoms with E-state index < -0.39 is 11.7 Å². The van der Waals surface area contributed by atoms with Crippen molar-refractivity contribution in [3.8, 4) is 0 Å². The SMILES string of the molecule is COC[C@H](C)NC(=O)CN1CCC(c2ccc(Cc3ccc(C(F)(F)F)cc3)cn2)CC1. The standard InChI is InChI=1S/C24H30F3N3O2/c1-17(16-32-2)29-23(31)15-30-11-9-20(10-12-30)22-8-5-19(14-28-22)13-18-3-6-21(7-4-18)24(25,26)27/h3-8,14,17,20H,9-13,15-16H2,1-2H3,(H,29,31)/t17-/m0/s1. The molecule has 1 aromatic carbocycles. The van der Waals surface area contributed by atoms with E-state index in [0.717, 1.165) is 54.9 Å². The van der Waals surface area contributed by atoms with Crippen LogP contribution in [0.25, 0.3) is 0 Å². The fourth-order valence-corrected chi connectivity index (χ4v) is 4.03. The number of hydrogen-bond donors (Lipinski definition) is 1. The highest BCUT2D eigenvalue weighted by Crippen LogP contribution is 2.30. The minimum absolute atomic E-state index is 0.00432. The van der Waals surface area contributed by atoms with Crippen LogP contribution in [0.5, 0.6) is 0 Å². The van der Waals surface area contributed by atoms with E-state index in [4.69, 9.17) is 4.74 Å². The number of benzene rings is 1. The van der Waals surface area contributed by atoms with Gasteiger partial charge in [0.25, 0.3) is 0 Å². The highest BCUT2D eigenvalue weighted by Gasteiger charge is 2.30. The molecule has 8 heteroatoms. The number of halogens is 3. The van der Waals surface area contributed by atoms with E-state index in [2.05, 4.69) is 15.2 Å². The number of rotatable bonds is 8. The summed E-state index contributed by atoms with van der Waals surface area (Å²) >= 11 is 0. The predicted molar refractivity (Wildman–Crippen MR) is 116 cm³/mol. The molecule has 32 heavy (non-hydrogen) atoms. The van der Waals surface area contributed by atoms with Gasteiger partial charge in [0.05, 0.1) is 18.7 Å². The van der Waals surface area contributed by atoms with E-state index >= 15 is 0 Å². The van der Waals surface area contributed by atoms with Crippen molar-refractivity contribution in [1.82, 2.24) is 15.2 Å². The summed E-state index contributed by atoms with van der Waals surface area (Å²) < 4.78 is 43.1. The first kappa shape index (κ1) is 24.2. The number of aromatic nitrogens is 1. The number of pyridine rings is 1. The maximum Gasteiger partial charge on any atom is 0.416 e. The lowest BCUT2D eigenvalue weighted by molar-refractivity contribution is -0.137. The van der Waals surface area contributed by atoms with Crippen LogP contribution in [0.4, 0.5) is 13.2 Å². The van der Waals surface area contributed by atoms with Crippen LogP contribution in [0.15, 0.2) is 42.6 Å². The molecular weight excluding hydrogens is 419 g/mol. The fourth-order valence-electron chi connectivity index (χ4n) is 4.03. The van der Waals surface area contributed by atoms with Gasteiger partial charge in [0.1, 0.15) is 0 Å². The molecule has 1 aliphatic rings. The minimum Gasteiger partial charge on any atom is -0.383 e. The van der Waals surface area contributed by atoms with Crippen LogP contribution in [0, 0.1) is 0 Å². The van der Waals surface area contributed by atoms with Crippen molar-refractivity contribution in [1.29, 1.82) is 0 Å². The van der Waals surface area contributed by atoms with Gasteiger partial charge < -0.3 is 10.1 Å². The zero-order valence-corrected chi connectivity index (χ0v) is 18.5. The number of likely N-dealkylation sites (tertiary alicyclic amines) is 1. The number of carbonyl (C=O) groups is 1. The molecule has 1 fully saturated rings. The number of hydrogen-bond acceptors (Lipinski definition) is 4. The molecular formula is C24H30F3N3O2. The molecule has 0 spiro atoms. The van der Waals surface area contributed by atoms with Crippen LogP contribution < -0.4 is 5.32 Å². The lowest BCUT2D eigenvalue weighted by atomic mass is 9.92. The van der Waals surface area contributed by atoms with Gasteiger partial charge in [-0.3, -0.25) is 14.7 Å². The summed E-state index contributed by atoms with van der Waals surface area (Å²) in [5.41, 5.74) is 2.17. The van der Waals surface area contributed by atoms with Crippen molar-refractivity contribution < 1.29 is 22.7 Å².